The Morgan fingerprint density at radius 2 is 0.960 bits per heavy atom. The lowest BCUT2D eigenvalue weighted by Gasteiger charge is -2.11. The molecular formula is C47H31N3. The fraction of sp³-hybridized carbons (Fsp3) is 0.0213. The molecule has 0 spiro atoms. The molecule has 0 atom stereocenters. The highest BCUT2D eigenvalue weighted by Crippen LogP contribution is 2.43. The lowest BCUT2D eigenvalue weighted by molar-refractivity contribution is 1.13. The molecule has 0 aliphatic heterocycles. The average molecular weight is 638 g/mol. The van der Waals surface area contributed by atoms with Gasteiger partial charge in [-0.25, -0.2) is 9.97 Å². The zero-order valence-electron chi connectivity index (χ0n) is 27.3. The summed E-state index contributed by atoms with van der Waals surface area (Å²) in [5, 5.41) is 2.53. The molecule has 50 heavy (non-hydrogen) atoms. The van der Waals surface area contributed by atoms with Gasteiger partial charge in [0.15, 0.2) is 5.82 Å². The normalized spacial score (nSPS) is 11.9. The molecule has 234 valence electrons. The predicted octanol–water partition coefficient (Wildman–Crippen LogP) is 11.8. The fourth-order valence-corrected chi connectivity index (χ4v) is 7.61. The fourth-order valence-electron chi connectivity index (χ4n) is 7.61. The first kappa shape index (κ1) is 28.4. The molecule has 1 aliphatic rings. The summed E-state index contributed by atoms with van der Waals surface area (Å²) in [5.41, 5.74) is 16.2. The smallest absolute Gasteiger partial charge is 0.160 e. The first-order valence-corrected chi connectivity index (χ1v) is 17.1. The van der Waals surface area contributed by atoms with Crippen LogP contribution in [-0.4, -0.2) is 14.5 Å². The molecule has 0 saturated carbocycles. The van der Waals surface area contributed by atoms with Gasteiger partial charge < -0.3 is 4.57 Å². The number of aromatic nitrogens is 3. The van der Waals surface area contributed by atoms with Crippen molar-refractivity contribution >= 4 is 21.8 Å². The standard InChI is InChI=1S/C47H31N3/c1-4-12-33(13-5-1)45-42-29-37-25-24-35(28-41(37)46(42)49-47(48-45)34-14-6-2-7-15-34)31-20-22-32(23-21-31)36-26-27-40-39-18-10-11-19-43(39)50(44(40)30-36)38-16-8-3-9-17-38/h1-28,30H,29H2. The average Bonchev–Trinajstić information content (AvgIpc) is 3.73. The van der Waals surface area contributed by atoms with E-state index in [0.717, 1.165) is 34.8 Å². The summed E-state index contributed by atoms with van der Waals surface area (Å²) in [6, 6.07) is 62.8. The van der Waals surface area contributed by atoms with E-state index in [4.69, 9.17) is 9.97 Å². The van der Waals surface area contributed by atoms with Crippen LogP contribution >= 0.6 is 0 Å². The lowest BCUT2D eigenvalue weighted by atomic mass is 9.97. The molecule has 0 saturated heterocycles. The van der Waals surface area contributed by atoms with Crippen molar-refractivity contribution in [2.24, 2.45) is 0 Å². The maximum atomic E-state index is 5.20. The van der Waals surface area contributed by atoms with Crippen molar-refractivity contribution in [3.05, 3.63) is 187 Å². The Bertz CT molecular complexity index is 2690. The van der Waals surface area contributed by atoms with Gasteiger partial charge in [-0.05, 0) is 58.1 Å². The number of hydrogen-bond donors (Lipinski definition) is 0. The molecule has 0 radical (unpaired) electrons. The summed E-state index contributed by atoms with van der Waals surface area (Å²) in [6.45, 7) is 0. The number of hydrogen-bond acceptors (Lipinski definition) is 2. The van der Waals surface area contributed by atoms with Crippen molar-refractivity contribution in [2.75, 3.05) is 0 Å². The molecule has 7 aromatic carbocycles. The topological polar surface area (TPSA) is 30.7 Å². The van der Waals surface area contributed by atoms with E-state index >= 15 is 0 Å². The van der Waals surface area contributed by atoms with E-state index in [1.807, 2.05) is 18.2 Å². The molecule has 0 N–H and O–H groups in total. The Morgan fingerprint density at radius 3 is 1.70 bits per heavy atom. The van der Waals surface area contributed by atoms with E-state index in [1.165, 1.54) is 66.4 Å². The molecule has 2 aromatic heterocycles. The first-order valence-electron chi connectivity index (χ1n) is 17.1. The van der Waals surface area contributed by atoms with E-state index in [0.29, 0.717) is 0 Å². The van der Waals surface area contributed by atoms with Gasteiger partial charge >= 0.3 is 0 Å². The third-order valence-electron chi connectivity index (χ3n) is 10.1. The van der Waals surface area contributed by atoms with E-state index in [-0.39, 0.29) is 0 Å². The number of fused-ring (bicyclic) bond motifs is 6. The van der Waals surface area contributed by atoms with Gasteiger partial charge in [0.2, 0.25) is 0 Å². The number of benzene rings is 7. The van der Waals surface area contributed by atoms with Crippen LogP contribution in [0.3, 0.4) is 0 Å². The van der Waals surface area contributed by atoms with Crippen LogP contribution in [0.25, 0.3) is 83.6 Å². The van der Waals surface area contributed by atoms with Gasteiger partial charge in [0.25, 0.3) is 0 Å². The molecule has 1 aliphatic carbocycles. The minimum Gasteiger partial charge on any atom is -0.309 e. The maximum Gasteiger partial charge on any atom is 0.160 e. The van der Waals surface area contributed by atoms with E-state index in [2.05, 4.69) is 162 Å². The van der Waals surface area contributed by atoms with Gasteiger partial charge in [-0.2, -0.15) is 0 Å². The summed E-state index contributed by atoms with van der Waals surface area (Å²) in [7, 11) is 0. The Morgan fingerprint density at radius 1 is 0.400 bits per heavy atom. The number of nitrogens with zero attached hydrogens (tertiary/aromatic N) is 3. The van der Waals surface area contributed by atoms with Crippen LogP contribution in [0.1, 0.15) is 11.1 Å². The predicted molar refractivity (Wildman–Crippen MR) is 206 cm³/mol. The van der Waals surface area contributed by atoms with Crippen LogP contribution in [0.2, 0.25) is 0 Å². The largest absolute Gasteiger partial charge is 0.309 e. The summed E-state index contributed by atoms with van der Waals surface area (Å²) >= 11 is 0. The highest BCUT2D eigenvalue weighted by atomic mass is 15.0. The molecular weight excluding hydrogens is 607 g/mol. The van der Waals surface area contributed by atoms with Crippen molar-refractivity contribution in [1.29, 1.82) is 0 Å². The van der Waals surface area contributed by atoms with Crippen molar-refractivity contribution in [1.82, 2.24) is 14.5 Å². The lowest BCUT2D eigenvalue weighted by Crippen LogP contribution is -1.99. The minimum absolute atomic E-state index is 0.758. The highest BCUT2D eigenvalue weighted by Gasteiger charge is 2.26. The van der Waals surface area contributed by atoms with Crippen LogP contribution in [0.5, 0.6) is 0 Å². The summed E-state index contributed by atoms with van der Waals surface area (Å²) in [4.78, 5) is 10.3. The third kappa shape index (κ3) is 4.67. The second-order valence-corrected chi connectivity index (χ2v) is 13.0. The van der Waals surface area contributed by atoms with Crippen molar-refractivity contribution in [2.45, 2.75) is 6.42 Å². The van der Waals surface area contributed by atoms with E-state index in [9.17, 15) is 0 Å². The SMILES string of the molecule is c1ccc(-c2nc(-c3ccccc3)c3c(n2)-c2cc(-c4ccc(-c5ccc6c7ccccc7n(-c7ccccc7)c6c5)cc4)ccc2C3)cc1. The molecule has 0 unspecified atom stereocenters. The van der Waals surface area contributed by atoms with E-state index in [1.54, 1.807) is 0 Å². The van der Waals surface area contributed by atoms with Crippen LogP contribution < -0.4 is 0 Å². The molecule has 3 heteroatoms. The van der Waals surface area contributed by atoms with Gasteiger partial charge in [-0.1, -0.05) is 146 Å². The number of para-hydroxylation sites is 2. The zero-order valence-corrected chi connectivity index (χ0v) is 27.3. The van der Waals surface area contributed by atoms with Crippen molar-refractivity contribution in [3.8, 4) is 61.8 Å². The molecule has 0 bridgehead atoms. The summed E-state index contributed by atoms with van der Waals surface area (Å²) in [5.74, 6) is 0.758. The van der Waals surface area contributed by atoms with Crippen LogP contribution in [-0.2, 0) is 6.42 Å². The van der Waals surface area contributed by atoms with Crippen LogP contribution in [0.15, 0.2) is 176 Å². The quantitative estimate of drug-likeness (QED) is 0.188. The summed E-state index contributed by atoms with van der Waals surface area (Å²) in [6.07, 6.45) is 0.825. The van der Waals surface area contributed by atoms with Crippen molar-refractivity contribution < 1.29 is 0 Å². The van der Waals surface area contributed by atoms with Gasteiger partial charge in [0.05, 0.1) is 22.4 Å². The second-order valence-electron chi connectivity index (χ2n) is 13.0. The van der Waals surface area contributed by atoms with Gasteiger partial charge in [-0.15, -0.1) is 0 Å². The van der Waals surface area contributed by atoms with Crippen LogP contribution in [0.4, 0.5) is 0 Å². The van der Waals surface area contributed by atoms with Crippen LogP contribution in [0, 0.1) is 0 Å². The first-order chi connectivity index (χ1) is 24.8. The molecule has 10 rings (SSSR count). The Kier molecular flexibility index (Phi) is 6.56. The molecule has 2 heterocycles. The molecule has 0 fully saturated rings. The van der Waals surface area contributed by atoms with Crippen molar-refractivity contribution in [3.63, 3.8) is 0 Å². The Balaban J connectivity index is 1.04. The monoisotopic (exact) mass is 637 g/mol. The molecule has 0 amide bonds. The second kappa shape index (κ2) is 11.5. The Labute approximate surface area is 290 Å². The van der Waals surface area contributed by atoms with Gasteiger partial charge in [-0.3, -0.25) is 0 Å². The number of rotatable bonds is 5. The molecule has 3 nitrogen and oxygen atoms in total. The highest BCUT2D eigenvalue weighted by molar-refractivity contribution is 6.10. The maximum absolute atomic E-state index is 5.20. The third-order valence-corrected chi connectivity index (χ3v) is 10.1. The Hall–Kier alpha value is -6.58. The molecule has 9 aromatic rings. The minimum atomic E-state index is 0.758. The van der Waals surface area contributed by atoms with E-state index < -0.39 is 0 Å². The van der Waals surface area contributed by atoms with Gasteiger partial charge in [0, 0.05) is 45.1 Å². The zero-order chi connectivity index (χ0) is 33.0. The summed E-state index contributed by atoms with van der Waals surface area (Å²) < 4.78 is 2.38. The van der Waals surface area contributed by atoms with Gasteiger partial charge in [0.1, 0.15) is 0 Å².